The Hall–Kier alpha value is -2.46. The molecule has 96 valence electrons. The number of hydrogen-bond donors (Lipinski definition) is 1. The maximum atomic E-state index is 4.18. The van der Waals surface area contributed by atoms with Crippen molar-refractivity contribution in [2.75, 3.05) is 0 Å². The molecule has 3 nitrogen and oxygen atoms in total. The second-order valence-corrected chi connectivity index (χ2v) is 5.32. The molecule has 20 heavy (non-hydrogen) atoms. The lowest BCUT2D eigenvalue weighted by Gasteiger charge is -2.08. The number of nitrogens with zero attached hydrogens (tertiary/aromatic N) is 2. The van der Waals surface area contributed by atoms with Gasteiger partial charge in [-0.15, -0.1) is 0 Å². The molecule has 0 saturated carbocycles. The lowest BCUT2D eigenvalue weighted by atomic mass is 10.00. The fourth-order valence-electron chi connectivity index (χ4n) is 1.98. The van der Waals surface area contributed by atoms with Gasteiger partial charge in [-0.3, -0.25) is 5.10 Å². The molecule has 0 amide bonds. The van der Waals surface area contributed by atoms with Crippen molar-refractivity contribution >= 4 is 20.5 Å². The molecule has 0 fully saturated rings. The zero-order valence-corrected chi connectivity index (χ0v) is 11.8. The van der Waals surface area contributed by atoms with E-state index >= 15 is 0 Å². The number of aromatic nitrogens is 3. The molecule has 2 radical (unpaired) electrons. The number of nitrogens with one attached hydrogen (secondary N) is 1. The minimum atomic E-state index is 0.469. The summed E-state index contributed by atoms with van der Waals surface area (Å²) in [6, 6.07) is 20.8. The van der Waals surface area contributed by atoms with E-state index in [-0.39, 0.29) is 0 Å². The van der Waals surface area contributed by atoms with Crippen LogP contribution in [0, 0.1) is 0 Å². The predicted molar refractivity (Wildman–Crippen MR) is 81.7 cm³/mol. The van der Waals surface area contributed by atoms with Gasteiger partial charge in [0, 0.05) is 0 Å². The van der Waals surface area contributed by atoms with E-state index in [1.807, 2.05) is 12.1 Å². The Morgan fingerprint density at radius 1 is 0.900 bits per heavy atom. The molecular weight excluding hydrogens is 262 g/mol. The first-order valence-electron chi connectivity index (χ1n) is 6.36. The third-order valence-corrected chi connectivity index (χ3v) is 3.89. The summed E-state index contributed by atoms with van der Waals surface area (Å²) < 4.78 is 0. The summed E-state index contributed by atoms with van der Waals surface area (Å²) >= 11 is 0. The molecule has 2 aromatic carbocycles. The standard InChI is InChI=1S/C16H13N3Si/c1-3-7-13(8-4-1)15(14-9-5-2-6-10-14)11-20-16-17-12-18-19-16/h1-12H,(H,17,18,19). The van der Waals surface area contributed by atoms with Crippen molar-refractivity contribution < 1.29 is 0 Å². The van der Waals surface area contributed by atoms with Gasteiger partial charge in [-0.05, 0) is 16.7 Å². The summed E-state index contributed by atoms with van der Waals surface area (Å²) in [5, 5.41) is 6.79. The summed E-state index contributed by atoms with van der Waals surface area (Å²) in [6.45, 7) is 0. The van der Waals surface area contributed by atoms with Gasteiger partial charge >= 0.3 is 0 Å². The van der Waals surface area contributed by atoms with E-state index in [0.29, 0.717) is 9.52 Å². The molecule has 3 aromatic rings. The third kappa shape index (κ3) is 2.92. The number of aromatic amines is 1. The normalized spacial score (nSPS) is 10.2. The summed E-state index contributed by atoms with van der Waals surface area (Å²) in [4.78, 5) is 4.18. The Bertz CT molecular complexity index is 635. The van der Waals surface area contributed by atoms with E-state index in [2.05, 4.69) is 69.4 Å². The van der Waals surface area contributed by atoms with E-state index in [9.17, 15) is 0 Å². The van der Waals surface area contributed by atoms with Gasteiger partial charge in [-0.2, -0.15) is 5.10 Å². The molecule has 0 bridgehead atoms. The van der Waals surface area contributed by atoms with Crippen LogP contribution in [-0.2, 0) is 0 Å². The molecule has 0 aliphatic carbocycles. The number of benzene rings is 2. The quantitative estimate of drug-likeness (QED) is 0.742. The van der Waals surface area contributed by atoms with Crippen LogP contribution in [0.15, 0.2) is 72.7 Å². The molecule has 0 unspecified atom stereocenters. The number of rotatable bonds is 4. The lowest BCUT2D eigenvalue weighted by Crippen LogP contribution is -2.17. The van der Waals surface area contributed by atoms with Crippen LogP contribution in [0.1, 0.15) is 11.1 Å². The molecule has 1 N–H and O–H groups in total. The van der Waals surface area contributed by atoms with E-state index in [4.69, 9.17) is 0 Å². The monoisotopic (exact) mass is 275 g/mol. The van der Waals surface area contributed by atoms with Crippen LogP contribution in [0.25, 0.3) is 5.57 Å². The SMILES string of the molecule is C([Si]c1ncn[nH]1)=C(c1ccccc1)c1ccccc1. The first-order valence-corrected chi connectivity index (χ1v) is 7.44. The van der Waals surface area contributed by atoms with Gasteiger partial charge in [0.2, 0.25) is 0 Å². The van der Waals surface area contributed by atoms with Gasteiger partial charge in [0.1, 0.15) is 11.8 Å². The van der Waals surface area contributed by atoms with E-state index in [0.717, 1.165) is 5.45 Å². The zero-order valence-electron chi connectivity index (χ0n) is 10.8. The highest BCUT2D eigenvalue weighted by atomic mass is 28.2. The maximum Gasteiger partial charge on any atom is 0.165 e. The van der Waals surface area contributed by atoms with Crippen molar-refractivity contribution in [3.63, 3.8) is 0 Å². The van der Waals surface area contributed by atoms with E-state index in [1.165, 1.54) is 16.7 Å². The molecule has 0 atom stereocenters. The highest BCUT2D eigenvalue weighted by molar-refractivity contribution is 6.57. The number of hydrogen-bond acceptors (Lipinski definition) is 2. The van der Waals surface area contributed by atoms with Gasteiger partial charge in [0.05, 0.1) is 0 Å². The lowest BCUT2D eigenvalue weighted by molar-refractivity contribution is 1.11. The van der Waals surface area contributed by atoms with Gasteiger partial charge in [-0.25, -0.2) is 4.98 Å². The van der Waals surface area contributed by atoms with Crippen molar-refractivity contribution in [2.45, 2.75) is 0 Å². The van der Waals surface area contributed by atoms with Crippen molar-refractivity contribution in [1.82, 2.24) is 15.2 Å². The molecule has 4 heteroatoms. The predicted octanol–water partition coefficient (Wildman–Crippen LogP) is 2.22. The first-order chi connectivity index (χ1) is 9.93. The average Bonchev–Trinajstić information content (AvgIpc) is 3.03. The highest BCUT2D eigenvalue weighted by Crippen LogP contribution is 2.22. The minimum Gasteiger partial charge on any atom is -0.268 e. The van der Waals surface area contributed by atoms with Crippen molar-refractivity contribution in [3.05, 3.63) is 83.8 Å². The first kappa shape index (κ1) is 12.6. The fraction of sp³-hybridized carbons (Fsp3) is 0. The molecule has 0 aliphatic rings. The third-order valence-electron chi connectivity index (χ3n) is 2.94. The van der Waals surface area contributed by atoms with E-state index in [1.54, 1.807) is 6.33 Å². The summed E-state index contributed by atoms with van der Waals surface area (Å²) in [7, 11) is 0.469. The Morgan fingerprint density at radius 3 is 2.00 bits per heavy atom. The Kier molecular flexibility index (Phi) is 3.85. The van der Waals surface area contributed by atoms with Crippen molar-refractivity contribution in [3.8, 4) is 0 Å². The molecule has 0 spiro atoms. The van der Waals surface area contributed by atoms with Gasteiger partial charge in [0.25, 0.3) is 0 Å². The molecular formula is C16H13N3Si. The number of H-pyrrole nitrogens is 1. The topological polar surface area (TPSA) is 41.6 Å². The fourth-order valence-corrected chi connectivity index (χ4v) is 2.86. The second kappa shape index (κ2) is 6.12. The highest BCUT2D eigenvalue weighted by Gasteiger charge is 2.05. The van der Waals surface area contributed by atoms with Crippen LogP contribution in [0.2, 0.25) is 0 Å². The minimum absolute atomic E-state index is 0.469. The van der Waals surface area contributed by atoms with Gasteiger partial charge < -0.3 is 0 Å². The molecule has 1 heterocycles. The summed E-state index contributed by atoms with van der Waals surface area (Å²) in [6.07, 6.45) is 1.54. The molecule has 0 saturated heterocycles. The van der Waals surface area contributed by atoms with Gasteiger partial charge in [0.15, 0.2) is 9.52 Å². The molecule has 0 aliphatic heterocycles. The smallest absolute Gasteiger partial charge is 0.165 e. The van der Waals surface area contributed by atoms with Crippen molar-refractivity contribution in [2.24, 2.45) is 0 Å². The van der Waals surface area contributed by atoms with Crippen molar-refractivity contribution in [1.29, 1.82) is 0 Å². The van der Waals surface area contributed by atoms with Crippen LogP contribution in [0.5, 0.6) is 0 Å². The maximum absolute atomic E-state index is 4.18. The zero-order chi connectivity index (χ0) is 13.6. The Labute approximate surface area is 120 Å². The molecule has 1 aromatic heterocycles. The van der Waals surface area contributed by atoms with Gasteiger partial charge in [-0.1, -0.05) is 66.4 Å². The summed E-state index contributed by atoms with van der Waals surface area (Å²) in [5.74, 6) is 0. The molecule has 3 rings (SSSR count). The van der Waals surface area contributed by atoms with Crippen LogP contribution in [0.4, 0.5) is 0 Å². The van der Waals surface area contributed by atoms with Crippen LogP contribution < -0.4 is 5.45 Å². The second-order valence-electron chi connectivity index (χ2n) is 4.27. The Morgan fingerprint density at radius 2 is 1.50 bits per heavy atom. The van der Waals surface area contributed by atoms with Crippen LogP contribution >= 0.6 is 0 Å². The average molecular weight is 275 g/mol. The summed E-state index contributed by atoms with van der Waals surface area (Å²) in [5.41, 5.74) is 6.76. The largest absolute Gasteiger partial charge is 0.268 e. The van der Waals surface area contributed by atoms with Crippen LogP contribution in [0.3, 0.4) is 0 Å². The van der Waals surface area contributed by atoms with E-state index < -0.39 is 0 Å². The van der Waals surface area contributed by atoms with Crippen LogP contribution in [-0.4, -0.2) is 24.7 Å². The Balaban J connectivity index is 1.98.